The fourth-order valence-corrected chi connectivity index (χ4v) is 3.54. The van der Waals surface area contributed by atoms with E-state index in [4.69, 9.17) is 35.3 Å². The Balaban J connectivity index is 1.61. The van der Waals surface area contributed by atoms with Crippen molar-refractivity contribution in [2.24, 2.45) is 0 Å². The van der Waals surface area contributed by atoms with Gasteiger partial charge in [0.15, 0.2) is 17.3 Å². The van der Waals surface area contributed by atoms with E-state index in [2.05, 4.69) is 0 Å². The summed E-state index contributed by atoms with van der Waals surface area (Å²) in [5.74, 6) is 1.09. The number of ether oxygens (including phenoxy) is 5. The van der Waals surface area contributed by atoms with Crippen molar-refractivity contribution in [3.05, 3.63) is 82.1 Å². The van der Waals surface area contributed by atoms with Gasteiger partial charge in [0.1, 0.15) is 17.2 Å². The van der Waals surface area contributed by atoms with E-state index in [0.29, 0.717) is 28.4 Å². The Morgan fingerprint density at radius 3 is 2.30 bits per heavy atom. The van der Waals surface area contributed by atoms with Crippen molar-refractivity contribution in [1.29, 1.82) is 0 Å². The maximum Gasteiger partial charge on any atom is 0.345 e. The quantitative estimate of drug-likeness (QED) is 0.280. The number of ketones is 1. The van der Waals surface area contributed by atoms with Gasteiger partial charge in [-0.15, -0.1) is 0 Å². The second kappa shape index (κ2) is 9.26. The molecule has 0 saturated carbocycles. The summed E-state index contributed by atoms with van der Waals surface area (Å²) in [7, 11) is 4.54. The molecular weight excluding hydrogens is 448 g/mol. The van der Waals surface area contributed by atoms with Crippen LogP contribution in [0.2, 0.25) is 5.02 Å². The summed E-state index contributed by atoms with van der Waals surface area (Å²) in [6.07, 6.45) is 1.55. The van der Waals surface area contributed by atoms with Crippen molar-refractivity contribution in [2.45, 2.75) is 0 Å². The Morgan fingerprint density at radius 2 is 1.61 bits per heavy atom. The third-order valence-corrected chi connectivity index (χ3v) is 5.30. The Labute approximate surface area is 195 Å². The summed E-state index contributed by atoms with van der Waals surface area (Å²) in [6, 6.07) is 14.5. The molecule has 1 heterocycles. The van der Waals surface area contributed by atoms with Crippen LogP contribution >= 0.6 is 11.6 Å². The first-order valence-corrected chi connectivity index (χ1v) is 10.2. The van der Waals surface area contributed by atoms with Crippen molar-refractivity contribution < 1.29 is 33.3 Å². The zero-order valence-corrected chi connectivity index (χ0v) is 18.8. The van der Waals surface area contributed by atoms with Crippen LogP contribution in [0.15, 0.2) is 60.4 Å². The van der Waals surface area contributed by atoms with Crippen LogP contribution in [0.5, 0.6) is 28.7 Å². The molecule has 0 fully saturated rings. The summed E-state index contributed by atoms with van der Waals surface area (Å²) >= 11 is 6.06. The molecule has 4 rings (SSSR count). The fraction of sp³-hybridized carbons (Fsp3) is 0.120. The lowest BCUT2D eigenvalue weighted by atomic mass is 10.1. The SMILES string of the molecule is COc1cc(OC)c(OC)cc1/C=C1\Oc2cc(OC(=O)c3ccccc3Cl)ccc2C1=O. The number of Topliss-reactive ketones (excluding diaryl/α,β-unsaturated/α-hetero) is 1. The van der Waals surface area contributed by atoms with E-state index in [1.165, 1.54) is 33.5 Å². The van der Waals surface area contributed by atoms with Crippen LogP contribution in [0.3, 0.4) is 0 Å². The van der Waals surface area contributed by atoms with Crippen LogP contribution < -0.4 is 23.7 Å². The Hall–Kier alpha value is -3.97. The highest BCUT2D eigenvalue weighted by Gasteiger charge is 2.29. The van der Waals surface area contributed by atoms with Gasteiger partial charge in [0.25, 0.3) is 0 Å². The second-order valence-corrected chi connectivity index (χ2v) is 7.32. The molecule has 33 heavy (non-hydrogen) atoms. The molecule has 3 aromatic rings. The van der Waals surface area contributed by atoms with Gasteiger partial charge in [0.2, 0.25) is 5.78 Å². The number of allylic oxidation sites excluding steroid dienone is 1. The number of esters is 1. The van der Waals surface area contributed by atoms with Gasteiger partial charge in [-0.05, 0) is 36.4 Å². The van der Waals surface area contributed by atoms with Crippen molar-refractivity contribution in [1.82, 2.24) is 0 Å². The predicted molar refractivity (Wildman–Crippen MR) is 122 cm³/mol. The van der Waals surface area contributed by atoms with Gasteiger partial charge in [-0.1, -0.05) is 23.7 Å². The Bertz CT molecular complexity index is 1280. The first-order chi connectivity index (χ1) is 15.9. The van der Waals surface area contributed by atoms with Gasteiger partial charge in [0.05, 0.1) is 37.5 Å². The minimum absolute atomic E-state index is 0.0881. The van der Waals surface area contributed by atoms with Gasteiger partial charge in [0, 0.05) is 17.7 Å². The molecule has 0 saturated heterocycles. The minimum atomic E-state index is -0.615. The highest BCUT2D eigenvalue weighted by atomic mass is 35.5. The van der Waals surface area contributed by atoms with Crippen molar-refractivity contribution in [3.63, 3.8) is 0 Å². The smallest absolute Gasteiger partial charge is 0.345 e. The van der Waals surface area contributed by atoms with Gasteiger partial charge >= 0.3 is 5.97 Å². The molecule has 0 unspecified atom stereocenters. The molecule has 0 bridgehead atoms. The van der Waals surface area contributed by atoms with Gasteiger partial charge in [-0.25, -0.2) is 4.79 Å². The van der Waals surface area contributed by atoms with E-state index in [1.54, 1.807) is 48.5 Å². The Kier molecular flexibility index (Phi) is 6.24. The van der Waals surface area contributed by atoms with Crippen molar-refractivity contribution >= 4 is 29.4 Å². The predicted octanol–water partition coefficient (Wildman–Crippen LogP) is 5.20. The normalized spacial score (nSPS) is 13.3. The molecule has 0 radical (unpaired) electrons. The third-order valence-electron chi connectivity index (χ3n) is 4.97. The number of methoxy groups -OCH3 is 3. The summed E-state index contributed by atoms with van der Waals surface area (Å²) in [5.41, 5.74) is 1.15. The highest BCUT2D eigenvalue weighted by Crippen LogP contribution is 2.39. The van der Waals surface area contributed by atoms with E-state index >= 15 is 0 Å². The number of rotatable bonds is 6. The van der Waals surface area contributed by atoms with Gasteiger partial charge in [-0.2, -0.15) is 0 Å². The topological polar surface area (TPSA) is 80.3 Å². The molecule has 3 aromatic carbocycles. The maximum absolute atomic E-state index is 12.9. The number of benzene rings is 3. The first kappa shape index (κ1) is 22.2. The number of hydrogen-bond acceptors (Lipinski definition) is 7. The van der Waals surface area contributed by atoms with E-state index in [0.717, 1.165) is 0 Å². The Morgan fingerprint density at radius 1 is 0.909 bits per heavy atom. The van der Waals surface area contributed by atoms with Gasteiger partial charge in [-0.3, -0.25) is 4.79 Å². The van der Waals surface area contributed by atoms with Crippen LogP contribution in [-0.2, 0) is 0 Å². The van der Waals surface area contributed by atoms with Crippen molar-refractivity contribution in [2.75, 3.05) is 21.3 Å². The van der Waals surface area contributed by atoms with Crippen LogP contribution in [0.25, 0.3) is 6.08 Å². The highest BCUT2D eigenvalue weighted by molar-refractivity contribution is 6.33. The summed E-state index contributed by atoms with van der Waals surface area (Å²) in [5, 5.41) is 0.282. The molecule has 0 aliphatic carbocycles. The zero-order chi connectivity index (χ0) is 23.5. The molecule has 0 spiro atoms. The summed E-state index contributed by atoms with van der Waals surface area (Å²) in [4.78, 5) is 25.3. The molecule has 7 nitrogen and oxygen atoms in total. The molecular formula is C25H19ClO7. The lowest BCUT2D eigenvalue weighted by Crippen LogP contribution is -2.09. The van der Waals surface area contributed by atoms with E-state index < -0.39 is 5.97 Å². The van der Waals surface area contributed by atoms with E-state index in [9.17, 15) is 9.59 Å². The number of fused-ring (bicyclic) bond motifs is 1. The van der Waals surface area contributed by atoms with E-state index in [1.807, 2.05) is 0 Å². The molecule has 0 aromatic heterocycles. The maximum atomic E-state index is 12.9. The number of carbonyl (C=O) groups is 2. The van der Waals surface area contributed by atoms with Crippen LogP contribution in [0.4, 0.5) is 0 Å². The fourth-order valence-electron chi connectivity index (χ4n) is 3.33. The van der Waals surface area contributed by atoms with E-state index in [-0.39, 0.29) is 33.6 Å². The monoisotopic (exact) mass is 466 g/mol. The third kappa shape index (κ3) is 4.36. The second-order valence-electron chi connectivity index (χ2n) is 6.92. The molecule has 0 amide bonds. The summed E-state index contributed by atoms with van der Waals surface area (Å²) in [6.45, 7) is 0. The molecule has 1 aliphatic heterocycles. The minimum Gasteiger partial charge on any atom is -0.496 e. The summed E-state index contributed by atoms with van der Waals surface area (Å²) < 4.78 is 27.2. The number of carbonyl (C=O) groups excluding carboxylic acids is 2. The first-order valence-electron chi connectivity index (χ1n) is 9.80. The number of hydrogen-bond donors (Lipinski definition) is 0. The van der Waals surface area contributed by atoms with Crippen LogP contribution in [0.1, 0.15) is 26.3 Å². The van der Waals surface area contributed by atoms with Gasteiger partial charge < -0.3 is 23.7 Å². The molecule has 168 valence electrons. The average Bonchev–Trinajstić information content (AvgIpc) is 3.13. The lowest BCUT2D eigenvalue weighted by Gasteiger charge is -2.12. The molecule has 1 aliphatic rings. The average molecular weight is 467 g/mol. The van der Waals surface area contributed by atoms with Crippen molar-refractivity contribution in [3.8, 4) is 28.7 Å². The van der Waals surface area contributed by atoms with Crippen LogP contribution in [-0.4, -0.2) is 33.1 Å². The lowest BCUT2D eigenvalue weighted by molar-refractivity contribution is 0.0734. The number of halogens is 1. The molecule has 8 heteroatoms. The zero-order valence-electron chi connectivity index (χ0n) is 18.0. The molecule has 0 atom stereocenters. The standard InChI is InChI=1S/C25H19ClO7/c1-29-19-13-22(31-3)21(30-2)10-14(19)11-23-24(27)17-9-8-15(12-20(17)33-23)32-25(28)16-6-4-5-7-18(16)26/h4-13H,1-3H3/b23-11-. The van der Waals surface area contributed by atoms with Crippen LogP contribution in [0, 0.1) is 0 Å². The largest absolute Gasteiger partial charge is 0.496 e. The molecule has 0 N–H and O–H groups in total.